The number of ether oxygens (including phenoxy) is 1. The molecule has 2 aromatic heterocycles. The van der Waals surface area contributed by atoms with Gasteiger partial charge in [0.1, 0.15) is 16.5 Å². The maximum atomic E-state index is 13.1. The number of sulfonamides is 1. The van der Waals surface area contributed by atoms with Gasteiger partial charge in [-0.25, -0.2) is 17.8 Å². The average Bonchev–Trinajstić information content (AvgIpc) is 3.34. The lowest BCUT2D eigenvalue weighted by molar-refractivity contribution is 0.0730. The van der Waals surface area contributed by atoms with Crippen LogP contribution in [0.3, 0.4) is 0 Å². The highest BCUT2D eigenvalue weighted by Gasteiger charge is 2.27. The molecule has 1 aromatic carbocycles. The largest absolute Gasteiger partial charge is 0.379 e. The Bertz CT molecular complexity index is 1200. The summed E-state index contributed by atoms with van der Waals surface area (Å²) in [6.07, 6.45) is 1.43. The fraction of sp³-hybridized carbons (Fsp3) is 0.409. The van der Waals surface area contributed by atoms with Crippen molar-refractivity contribution < 1.29 is 22.1 Å². The van der Waals surface area contributed by atoms with Gasteiger partial charge < -0.3 is 14.2 Å². The topological polar surface area (TPSA) is 105 Å². The Kier molecular flexibility index (Phi) is 6.55. The number of halogens is 1. The SMILES string of the molecule is O=S(=O)(c1ccc(N2CCN(Cc3nc(-c4ccc(F)cc4)no3)CC2)nc1)N1CCOCC1. The van der Waals surface area contributed by atoms with E-state index < -0.39 is 10.0 Å². The lowest BCUT2D eigenvalue weighted by Crippen LogP contribution is -2.46. The van der Waals surface area contributed by atoms with Crippen molar-refractivity contribution in [2.24, 2.45) is 0 Å². The van der Waals surface area contributed by atoms with E-state index in [2.05, 4.69) is 24.9 Å². The van der Waals surface area contributed by atoms with Gasteiger partial charge in [0.05, 0.1) is 19.8 Å². The molecule has 5 rings (SSSR count). The van der Waals surface area contributed by atoms with Gasteiger partial charge in [0.2, 0.25) is 21.7 Å². The first kappa shape index (κ1) is 22.8. The molecule has 3 aromatic rings. The third-order valence-corrected chi connectivity index (χ3v) is 7.84. The molecule has 0 spiro atoms. The number of hydrogen-bond acceptors (Lipinski definition) is 9. The van der Waals surface area contributed by atoms with Gasteiger partial charge in [0.15, 0.2) is 0 Å². The van der Waals surface area contributed by atoms with Crippen LogP contribution in [0.5, 0.6) is 0 Å². The van der Waals surface area contributed by atoms with Crippen molar-refractivity contribution in [3.8, 4) is 11.4 Å². The summed E-state index contributed by atoms with van der Waals surface area (Å²) in [6, 6.07) is 9.34. The Balaban J connectivity index is 1.16. The smallest absolute Gasteiger partial charge is 0.244 e. The second kappa shape index (κ2) is 9.74. The van der Waals surface area contributed by atoms with E-state index >= 15 is 0 Å². The maximum absolute atomic E-state index is 13.1. The molecule has 4 heterocycles. The molecular formula is C22H25FN6O4S. The van der Waals surface area contributed by atoms with Crippen LogP contribution in [0, 0.1) is 5.82 Å². The second-order valence-electron chi connectivity index (χ2n) is 8.15. The summed E-state index contributed by atoms with van der Waals surface area (Å²) in [6.45, 7) is 5.07. The highest BCUT2D eigenvalue weighted by molar-refractivity contribution is 7.89. The molecule has 0 unspecified atom stereocenters. The Morgan fingerprint density at radius 3 is 2.35 bits per heavy atom. The van der Waals surface area contributed by atoms with E-state index in [9.17, 15) is 12.8 Å². The van der Waals surface area contributed by atoms with E-state index in [1.807, 2.05) is 0 Å². The molecule has 180 valence electrons. The molecule has 34 heavy (non-hydrogen) atoms. The summed E-state index contributed by atoms with van der Waals surface area (Å²) in [4.78, 5) is 13.4. The summed E-state index contributed by atoms with van der Waals surface area (Å²) >= 11 is 0. The van der Waals surface area contributed by atoms with Crippen LogP contribution in [0.4, 0.5) is 10.2 Å². The van der Waals surface area contributed by atoms with E-state index in [-0.39, 0.29) is 10.7 Å². The van der Waals surface area contributed by atoms with Crippen molar-refractivity contribution in [3.63, 3.8) is 0 Å². The van der Waals surface area contributed by atoms with Crippen molar-refractivity contribution >= 4 is 15.8 Å². The van der Waals surface area contributed by atoms with Crippen molar-refractivity contribution in [2.45, 2.75) is 11.4 Å². The van der Waals surface area contributed by atoms with Gasteiger partial charge >= 0.3 is 0 Å². The minimum atomic E-state index is -3.55. The number of nitrogens with zero attached hydrogens (tertiary/aromatic N) is 6. The van der Waals surface area contributed by atoms with E-state index in [0.717, 1.165) is 32.0 Å². The first-order valence-corrected chi connectivity index (χ1v) is 12.5. The minimum absolute atomic E-state index is 0.199. The van der Waals surface area contributed by atoms with Crippen molar-refractivity contribution in [1.29, 1.82) is 0 Å². The standard InChI is InChI=1S/C22H25FN6O4S/c23-18-3-1-17(2-4-18)22-25-21(33-26-22)16-27-7-9-28(10-8-27)20-6-5-19(15-24-20)34(30,31)29-11-13-32-14-12-29/h1-6,15H,7-14,16H2. The molecule has 2 saturated heterocycles. The molecule has 2 fully saturated rings. The number of benzene rings is 1. The monoisotopic (exact) mass is 488 g/mol. The van der Waals surface area contributed by atoms with Crippen LogP contribution < -0.4 is 4.90 Å². The lowest BCUT2D eigenvalue weighted by atomic mass is 10.2. The summed E-state index contributed by atoms with van der Waals surface area (Å²) in [5.74, 6) is 1.37. The quantitative estimate of drug-likeness (QED) is 0.512. The average molecular weight is 489 g/mol. The van der Waals surface area contributed by atoms with E-state index in [4.69, 9.17) is 9.26 Å². The molecule has 12 heteroatoms. The first-order chi connectivity index (χ1) is 16.5. The Hall–Kier alpha value is -2.93. The van der Waals surface area contributed by atoms with Crippen molar-refractivity contribution in [1.82, 2.24) is 24.3 Å². The molecule has 0 atom stereocenters. The van der Waals surface area contributed by atoms with Gasteiger partial charge in [-0.2, -0.15) is 9.29 Å². The summed E-state index contributed by atoms with van der Waals surface area (Å²) in [7, 11) is -3.55. The Morgan fingerprint density at radius 2 is 1.68 bits per heavy atom. The molecule has 0 amide bonds. The van der Waals surface area contributed by atoms with E-state index in [1.54, 1.807) is 24.3 Å². The number of piperazine rings is 1. The fourth-order valence-electron chi connectivity index (χ4n) is 4.01. The van der Waals surface area contributed by atoms with Gasteiger partial charge in [-0.05, 0) is 36.4 Å². The summed E-state index contributed by atoms with van der Waals surface area (Å²) in [5, 5.41) is 3.99. The number of pyridine rings is 1. The van der Waals surface area contributed by atoms with Crippen LogP contribution in [0.15, 0.2) is 52.0 Å². The number of hydrogen-bond donors (Lipinski definition) is 0. The van der Waals surface area contributed by atoms with Gasteiger partial charge in [-0.1, -0.05) is 5.16 Å². The third kappa shape index (κ3) is 4.94. The van der Waals surface area contributed by atoms with Gasteiger partial charge in [-0.3, -0.25) is 4.90 Å². The molecule has 0 radical (unpaired) electrons. The predicted octanol–water partition coefficient (Wildman–Crippen LogP) is 1.61. The van der Waals surface area contributed by atoms with Crippen LogP contribution in [-0.4, -0.2) is 85.2 Å². The van der Waals surface area contributed by atoms with Gasteiger partial charge in [0, 0.05) is 51.0 Å². The highest BCUT2D eigenvalue weighted by Crippen LogP contribution is 2.21. The molecule has 0 saturated carbocycles. The highest BCUT2D eigenvalue weighted by atomic mass is 32.2. The van der Waals surface area contributed by atoms with E-state index in [0.29, 0.717) is 50.1 Å². The van der Waals surface area contributed by atoms with Crippen LogP contribution in [0.1, 0.15) is 5.89 Å². The van der Waals surface area contributed by atoms with Crippen molar-refractivity contribution in [3.05, 3.63) is 54.3 Å². The lowest BCUT2D eigenvalue weighted by Gasteiger charge is -2.34. The van der Waals surface area contributed by atoms with Gasteiger partial charge in [0.25, 0.3) is 0 Å². The zero-order chi connectivity index (χ0) is 23.5. The maximum Gasteiger partial charge on any atom is 0.244 e. The second-order valence-corrected chi connectivity index (χ2v) is 10.1. The number of anilines is 1. The number of rotatable bonds is 6. The molecular weight excluding hydrogens is 463 g/mol. The molecule has 2 aliphatic heterocycles. The number of aromatic nitrogens is 3. The van der Waals surface area contributed by atoms with Crippen LogP contribution >= 0.6 is 0 Å². The van der Waals surface area contributed by atoms with E-state index in [1.165, 1.54) is 22.6 Å². The normalized spacial score (nSPS) is 18.3. The first-order valence-electron chi connectivity index (χ1n) is 11.1. The summed E-state index contributed by atoms with van der Waals surface area (Å²) < 4.78 is 50.7. The Morgan fingerprint density at radius 1 is 0.941 bits per heavy atom. The fourth-order valence-corrected chi connectivity index (χ4v) is 5.36. The zero-order valence-corrected chi connectivity index (χ0v) is 19.3. The molecule has 0 bridgehead atoms. The molecule has 2 aliphatic rings. The Labute approximate surface area is 197 Å². The number of morpholine rings is 1. The molecule has 10 nitrogen and oxygen atoms in total. The van der Waals surface area contributed by atoms with Crippen LogP contribution in [0.2, 0.25) is 0 Å². The third-order valence-electron chi connectivity index (χ3n) is 5.95. The van der Waals surface area contributed by atoms with Crippen LogP contribution in [-0.2, 0) is 21.3 Å². The van der Waals surface area contributed by atoms with Gasteiger partial charge in [-0.15, -0.1) is 0 Å². The van der Waals surface area contributed by atoms with Crippen LogP contribution in [0.25, 0.3) is 11.4 Å². The van der Waals surface area contributed by atoms with Crippen molar-refractivity contribution in [2.75, 3.05) is 57.4 Å². The predicted molar refractivity (Wildman–Crippen MR) is 121 cm³/mol. The molecule has 0 N–H and O–H groups in total. The summed E-state index contributed by atoms with van der Waals surface area (Å²) in [5.41, 5.74) is 0.700. The minimum Gasteiger partial charge on any atom is -0.379 e. The zero-order valence-electron chi connectivity index (χ0n) is 18.5. The molecule has 0 aliphatic carbocycles.